The summed E-state index contributed by atoms with van der Waals surface area (Å²) in [7, 11) is 0. The molecule has 0 aliphatic carbocycles. The molecule has 2 aliphatic heterocycles. The molecule has 5 heteroatoms. The van der Waals surface area contributed by atoms with Gasteiger partial charge in [-0.25, -0.2) is 0 Å². The Morgan fingerprint density at radius 2 is 2.30 bits per heavy atom. The van der Waals surface area contributed by atoms with Gasteiger partial charge in [0.25, 0.3) is 5.91 Å². The lowest BCUT2D eigenvalue weighted by atomic mass is 9.99. The molecule has 0 unspecified atom stereocenters. The number of aromatic nitrogens is 2. The molecule has 0 saturated heterocycles. The minimum Gasteiger partial charge on any atom is -0.369 e. The highest BCUT2D eigenvalue weighted by Gasteiger charge is 2.31. The van der Waals surface area contributed by atoms with Crippen LogP contribution in [0, 0.1) is 0 Å². The zero-order chi connectivity index (χ0) is 14.3. The highest BCUT2D eigenvalue weighted by Crippen LogP contribution is 2.30. The van der Waals surface area contributed by atoms with E-state index in [1.807, 2.05) is 18.7 Å². The van der Waals surface area contributed by atoms with E-state index in [1.54, 1.807) is 0 Å². The van der Waals surface area contributed by atoms with Crippen molar-refractivity contribution >= 4 is 5.91 Å². The lowest BCUT2D eigenvalue weighted by Gasteiger charge is -2.28. The fraction of sp³-hybridized carbons (Fsp3) is 0.600. The number of amides is 1. The second-order valence-corrected chi connectivity index (χ2v) is 5.82. The molecule has 0 aromatic carbocycles. The lowest BCUT2D eigenvalue weighted by molar-refractivity contribution is -0.00701. The third kappa shape index (κ3) is 2.26. The van der Waals surface area contributed by atoms with Gasteiger partial charge in [-0.3, -0.25) is 9.89 Å². The topological polar surface area (TPSA) is 58.2 Å². The summed E-state index contributed by atoms with van der Waals surface area (Å²) in [4.78, 5) is 14.6. The van der Waals surface area contributed by atoms with Gasteiger partial charge in [0.15, 0.2) is 5.69 Å². The van der Waals surface area contributed by atoms with Gasteiger partial charge in [0.2, 0.25) is 0 Å². The Kier molecular flexibility index (Phi) is 3.38. The van der Waals surface area contributed by atoms with Crippen LogP contribution in [0.1, 0.15) is 55.0 Å². The van der Waals surface area contributed by atoms with Gasteiger partial charge in [-0.2, -0.15) is 5.10 Å². The molecule has 3 heterocycles. The smallest absolute Gasteiger partial charge is 0.274 e. The van der Waals surface area contributed by atoms with E-state index in [1.165, 1.54) is 5.57 Å². The Labute approximate surface area is 119 Å². The van der Waals surface area contributed by atoms with Gasteiger partial charge in [-0.1, -0.05) is 11.6 Å². The second kappa shape index (κ2) is 5.05. The molecule has 1 N–H and O–H groups in total. The standard InChI is InChI=1S/C15H21N3O2/c1-9-5-4-6-18(8-9)15(19)14-12-7-10(2)20-11(3)13(12)16-17-14/h5,10-11H,4,6-8H2,1-3H3,(H,16,17)/t10-,11+/m1/s1. The number of aromatic amines is 1. The van der Waals surface area contributed by atoms with E-state index in [4.69, 9.17) is 4.74 Å². The van der Waals surface area contributed by atoms with Gasteiger partial charge in [-0.05, 0) is 27.2 Å². The number of nitrogens with zero attached hydrogens (tertiary/aromatic N) is 2. The van der Waals surface area contributed by atoms with Crippen molar-refractivity contribution in [2.24, 2.45) is 0 Å². The number of H-pyrrole nitrogens is 1. The third-order valence-electron chi connectivity index (χ3n) is 4.06. The summed E-state index contributed by atoms with van der Waals surface area (Å²) in [6, 6.07) is 0. The number of hydrogen-bond acceptors (Lipinski definition) is 3. The predicted octanol–water partition coefficient (Wildman–Crippen LogP) is 2.22. The molecule has 2 atom stereocenters. The van der Waals surface area contributed by atoms with E-state index in [9.17, 15) is 4.79 Å². The number of hydrogen-bond donors (Lipinski definition) is 1. The second-order valence-electron chi connectivity index (χ2n) is 5.82. The molecule has 108 valence electrons. The summed E-state index contributed by atoms with van der Waals surface area (Å²) < 4.78 is 5.76. The normalized spacial score (nSPS) is 26.1. The first-order valence-corrected chi connectivity index (χ1v) is 7.23. The Hall–Kier alpha value is -1.62. The van der Waals surface area contributed by atoms with Crippen LogP contribution in [0.5, 0.6) is 0 Å². The molecule has 2 aliphatic rings. The van der Waals surface area contributed by atoms with Crippen molar-refractivity contribution < 1.29 is 9.53 Å². The summed E-state index contributed by atoms with van der Waals surface area (Å²) in [5.74, 6) is 0.0382. The number of rotatable bonds is 1. The van der Waals surface area contributed by atoms with Gasteiger partial charge >= 0.3 is 0 Å². The van der Waals surface area contributed by atoms with Crippen molar-refractivity contribution in [1.82, 2.24) is 15.1 Å². The Balaban J connectivity index is 1.88. The molecule has 5 nitrogen and oxygen atoms in total. The maximum absolute atomic E-state index is 12.7. The van der Waals surface area contributed by atoms with Crippen LogP contribution < -0.4 is 0 Å². The van der Waals surface area contributed by atoms with E-state index in [0.29, 0.717) is 12.2 Å². The summed E-state index contributed by atoms with van der Waals surface area (Å²) in [5, 5.41) is 7.26. The molecule has 3 rings (SSSR count). The first-order chi connectivity index (χ1) is 9.56. The van der Waals surface area contributed by atoms with E-state index in [0.717, 1.165) is 30.6 Å². The first kappa shape index (κ1) is 13.4. The van der Waals surface area contributed by atoms with Crippen LogP contribution >= 0.6 is 0 Å². The molecule has 0 fully saturated rings. The predicted molar refractivity (Wildman–Crippen MR) is 75.5 cm³/mol. The first-order valence-electron chi connectivity index (χ1n) is 7.23. The van der Waals surface area contributed by atoms with Crippen LogP contribution in [-0.2, 0) is 11.2 Å². The molecule has 20 heavy (non-hydrogen) atoms. The molecule has 0 bridgehead atoms. The van der Waals surface area contributed by atoms with Gasteiger partial charge < -0.3 is 9.64 Å². The van der Waals surface area contributed by atoms with Crippen LogP contribution in [-0.4, -0.2) is 40.2 Å². The molecule has 0 radical (unpaired) electrons. The van der Waals surface area contributed by atoms with Gasteiger partial charge in [0, 0.05) is 25.1 Å². The fourth-order valence-electron chi connectivity index (χ4n) is 3.09. The van der Waals surface area contributed by atoms with Crippen molar-refractivity contribution in [3.05, 3.63) is 28.6 Å². The van der Waals surface area contributed by atoms with Crippen molar-refractivity contribution in [3.8, 4) is 0 Å². The van der Waals surface area contributed by atoms with E-state index < -0.39 is 0 Å². The Morgan fingerprint density at radius 1 is 1.50 bits per heavy atom. The van der Waals surface area contributed by atoms with Crippen molar-refractivity contribution in [2.45, 2.75) is 45.8 Å². The average molecular weight is 275 g/mol. The number of carbonyl (C=O) groups is 1. The van der Waals surface area contributed by atoms with Gasteiger partial charge in [-0.15, -0.1) is 0 Å². The highest BCUT2D eigenvalue weighted by atomic mass is 16.5. The van der Waals surface area contributed by atoms with Gasteiger partial charge in [0.1, 0.15) is 0 Å². The molecule has 1 aromatic rings. The van der Waals surface area contributed by atoms with Crippen LogP contribution in [0.2, 0.25) is 0 Å². The number of fused-ring (bicyclic) bond motifs is 1. The van der Waals surface area contributed by atoms with Crippen LogP contribution in [0.3, 0.4) is 0 Å². The van der Waals surface area contributed by atoms with Crippen molar-refractivity contribution in [1.29, 1.82) is 0 Å². The molecule has 1 amide bonds. The zero-order valence-corrected chi connectivity index (χ0v) is 12.3. The number of nitrogens with one attached hydrogen (secondary N) is 1. The maximum atomic E-state index is 12.7. The van der Waals surface area contributed by atoms with E-state index in [2.05, 4.69) is 23.2 Å². The summed E-state index contributed by atoms with van der Waals surface area (Å²) in [6.45, 7) is 7.59. The molecular weight excluding hydrogens is 254 g/mol. The highest BCUT2D eigenvalue weighted by molar-refractivity contribution is 5.94. The summed E-state index contributed by atoms with van der Waals surface area (Å²) in [5.41, 5.74) is 3.82. The SMILES string of the molecule is CC1=CCCN(C(=O)c2n[nH]c3c2C[C@@H](C)O[C@H]3C)C1. The third-order valence-corrected chi connectivity index (χ3v) is 4.06. The Morgan fingerprint density at radius 3 is 3.05 bits per heavy atom. The molecular formula is C15H21N3O2. The van der Waals surface area contributed by atoms with Crippen LogP contribution in [0.15, 0.2) is 11.6 Å². The summed E-state index contributed by atoms with van der Waals surface area (Å²) in [6.07, 6.45) is 3.98. The van der Waals surface area contributed by atoms with Crippen molar-refractivity contribution in [3.63, 3.8) is 0 Å². The van der Waals surface area contributed by atoms with Crippen LogP contribution in [0.25, 0.3) is 0 Å². The molecule has 1 aromatic heterocycles. The molecule has 0 saturated carbocycles. The summed E-state index contributed by atoms with van der Waals surface area (Å²) >= 11 is 0. The van der Waals surface area contributed by atoms with E-state index in [-0.39, 0.29) is 18.1 Å². The minimum absolute atomic E-state index is 0.0224. The quantitative estimate of drug-likeness (QED) is 0.800. The molecule has 0 spiro atoms. The lowest BCUT2D eigenvalue weighted by Crippen LogP contribution is -2.36. The number of carbonyl (C=O) groups excluding carboxylic acids is 1. The average Bonchev–Trinajstić information content (AvgIpc) is 2.81. The fourth-order valence-corrected chi connectivity index (χ4v) is 3.09. The minimum atomic E-state index is -0.0224. The van der Waals surface area contributed by atoms with Gasteiger partial charge in [0.05, 0.1) is 17.9 Å². The maximum Gasteiger partial charge on any atom is 0.274 e. The van der Waals surface area contributed by atoms with E-state index >= 15 is 0 Å². The largest absolute Gasteiger partial charge is 0.369 e. The monoisotopic (exact) mass is 275 g/mol. The van der Waals surface area contributed by atoms with Crippen LogP contribution in [0.4, 0.5) is 0 Å². The number of ether oxygens (including phenoxy) is 1. The Bertz CT molecular complexity index is 561. The van der Waals surface area contributed by atoms with Crippen molar-refractivity contribution in [2.75, 3.05) is 13.1 Å². The zero-order valence-electron chi connectivity index (χ0n) is 12.3.